The molecule has 4 aromatic rings. The standard InChI is InChI=1S/C25H28N6O4S/c1-14(2)31-23-21(13-28-31)19(24(32)27-12-20-15(3)10-16(4)29-25(20)33)11-22(30-23)17-6-8-18(9-7-17)36(34,35)26-5/h6-11,13-14,26H,12H2,1-5H3,(H,27,32)(H,29,33). The molecule has 0 aliphatic heterocycles. The highest BCUT2D eigenvalue weighted by molar-refractivity contribution is 7.89. The summed E-state index contributed by atoms with van der Waals surface area (Å²) in [5.74, 6) is -0.374. The molecule has 0 aliphatic rings. The van der Waals surface area contributed by atoms with Crippen LogP contribution in [0.1, 0.15) is 47.1 Å². The van der Waals surface area contributed by atoms with E-state index < -0.39 is 10.0 Å². The molecule has 0 radical (unpaired) electrons. The molecule has 36 heavy (non-hydrogen) atoms. The Morgan fingerprint density at radius 1 is 1.14 bits per heavy atom. The number of aromatic amines is 1. The summed E-state index contributed by atoms with van der Waals surface area (Å²) in [4.78, 5) is 33.3. The molecule has 3 heterocycles. The van der Waals surface area contributed by atoms with E-state index in [9.17, 15) is 18.0 Å². The molecule has 3 aromatic heterocycles. The summed E-state index contributed by atoms with van der Waals surface area (Å²) < 4.78 is 28.2. The number of benzene rings is 1. The second kappa shape index (κ2) is 9.67. The number of aryl methyl sites for hydroxylation is 2. The van der Waals surface area contributed by atoms with Gasteiger partial charge in [-0.2, -0.15) is 5.10 Å². The molecule has 1 amide bonds. The number of rotatable bonds is 7. The minimum atomic E-state index is -3.58. The van der Waals surface area contributed by atoms with Gasteiger partial charge in [-0.1, -0.05) is 12.1 Å². The van der Waals surface area contributed by atoms with Crippen molar-refractivity contribution >= 4 is 27.0 Å². The fraction of sp³-hybridized carbons (Fsp3) is 0.280. The van der Waals surface area contributed by atoms with Gasteiger partial charge in [-0.25, -0.2) is 22.8 Å². The molecule has 0 saturated carbocycles. The average Bonchev–Trinajstić information content (AvgIpc) is 3.27. The van der Waals surface area contributed by atoms with E-state index in [4.69, 9.17) is 4.98 Å². The maximum Gasteiger partial charge on any atom is 0.253 e. The van der Waals surface area contributed by atoms with Crippen LogP contribution in [0.15, 0.2) is 52.3 Å². The molecule has 3 N–H and O–H groups in total. The van der Waals surface area contributed by atoms with Gasteiger partial charge in [0.25, 0.3) is 11.5 Å². The Kier molecular flexibility index (Phi) is 6.79. The molecule has 0 unspecified atom stereocenters. The number of fused-ring (bicyclic) bond motifs is 1. The number of amides is 1. The molecule has 0 saturated heterocycles. The van der Waals surface area contributed by atoms with E-state index in [-0.39, 0.29) is 28.9 Å². The highest BCUT2D eigenvalue weighted by atomic mass is 32.2. The van der Waals surface area contributed by atoms with Crippen molar-refractivity contribution in [3.05, 3.63) is 75.3 Å². The van der Waals surface area contributed by atoms with E-state index in [0.29, 0.717) is 33.4 Å². The van der Waals surface area contributed by atoms with Crippen LogP contribution in [0.5, 0.6) is 0 Å². The molecule has 11 heteroatoms. The number of pyridine rings is 2. The second-order valence-electron chi connectivity index (χ2n) is 8.83. The first-order chi connectivity index (χ1) is 17.0. The molecule has 0 fully saturated rings. The van der Waals surface area contributed by atoms with Gasteiger partial charge in [0.1, 0.15) is 0 Å². The lowest BCUT2D eigenvalue weighted by Gasteiger charge is -2.12. The Labute approximate surface area is 208 Å². The molecule has 0 bridgehead atoms. The van der Waals surface area contributed by atoms with Gasteiger partial charge in [-0.15, -0.1) is 0 Å². The molecule has 4 rings (SSSR count). The first-order valence-corrected chi connectivity index (χ1v) is 12.9. The predicted octanol–water partition coefficient (Wildman–Crippen LogP) is 2.82. The number of carbonyl (C=O) groups excluding carboxylic acids is 1. The van der Waals surface area contributed by atoms with E-state index in [1.165, 1.54) is 19.2 Å². The van der Waals surface area contributed by atoms with Crippen LogP contribution in [0.3, 0.4) is 0 Å². The third-order valence-electron chi connectivity index (χ3n) is 5.95. The van der Waals surface area contributed by atoms with Crippen LogP contribution in [0.4, 0.5) is 0 Å². The summed E-state index contributed by atoms with van der Waals surface area (Å²) in [6.07, 6.45) is 1.60. The number of sulfonamides is 1. The first-order valence-electron chi connectivity index (χ1n) is 11.4. The summed E-state index contributed by atoms with van der Waals surface area (Å²) in [5, 5.41) is 7.85. The molecule has 1 aromatic carbocycles. The van der Waals surface area contributed by atoms with Gasteiger partial charge in [0.15, 0.2) is 5.65 Å². The first kappa shape index (κ1) is 25.3. The monoisotopic (exact) mass is 508 g/mol. The van der Waals surface area contributed by atoms with Crippen molar-refractivity contribution in [1.82, 2.24) is 29.8 Å². The van der Waals surface area contributed by atoms with Crippen LogP contribution < -0.4 is 15.6 Å². The van der Waals surface area contributed by atoms with Gasteiger partial charge >= 0.3 is 0 Å². The third-order valence-corrected chi connectivity index (χ3v) is 7.38. The Balaban J connectivity index is 1.76. The Morgan fingerprint density at radius 3 is 2.44 bits per heavy atom. The van der Waals surface area contributed by atoms with E-state index in [1.807, 2.05) is 26.8 Å². The number of nitrogens with one attached hydrogen (secondary N) is 3. The van der Waals surface area contributed by atoms with E-state index in [1.54, 1.807) is 36.0 Å². The van der Waals surface area contributed by atoms with Gasteiger partial charge in [-0.3, -0.25) is 9.59 Å². The van der Waals surface area contributed by atoms with Crippen LogP contribution >= 0.6 is 0 Å². The summed E-state index contributed by atoms with van der Waals surface area (Å²) in [6, 6.07) is 9.76. The van der Waals surface area contributed by atoms with Crippen LogP contribution in [0.2, 0.25) is 0 Å². The molecule has 10 nitrogen and oxygen atoms in total. The number of aromatic nitrogens is 4. The minimum absolute atomic E-state index is 0.00178. The van der Waals surface area contributed by atoms with Crippen LogP contribution in [-0.4, -0.2) is 41.1 Å². The maximum atomic E-state index is 13.3. The Hall–Kier alpha value is -3.83. The SMILES string of the molecule is CNS(=O)(=O)c1ccc(-c2cc(C(=O)NCc3c(C)cc(C)[nH]c3=O)c3cnn(C(C)C)c3n2)cc1. The lowest BCUT2D eigenvalue weighted by molar-refractivity contribution is 0.0952. The molecule has 188 valence electrons. The van der Waals surface area contributed by atoms with Crippen molar-refractivity contribution in [1.29, 1.82) is 0 Å². The second-order valence-corrected chi connectivity index (χ2v) is 10.7. The quantitative estimate of drug-likeness (QED) is 0.351. The average molecular weight is 509 g/mol. The molecular formula is C25H28N6O4S. The van der Waals surface area contributed by atoms with Crippen molar-refractivity contribution in [2.75, 3.05) is 7.05 Å². The fourth-order valence-corrected chi connectivity index (χ4v) is 4.75. The van der Waals surface area contributed by atoms with Crippen LogP contribution in [-0.2, 0) is 16.6 Å². The Morgan fingerprint density at radius 2 is 1.83 bits per heavy atom. The highest BCUT2D eigenvalue weighted by Gasteiger charge is 2.20. The van der Waals surface area contributed by atoms with Crippen molar-refractivity contribution in [2.24, 2.45) is 0 Å². The number of nitrogens with zero attached hydrogens (tertiary/aromatic N) is 3. The third kappa shape index (κ3) is 4.79. The smallest absolute Gasteiger partial charge is 0.253 e. The summed E-state index contributed by atoms with van der Waals surface area (Å²) in [5.41, 5.74) is 3.82. The lowest BCUT2D eigenvalue weighted by atomic mass is 10.1. The molecule has 0 spiro atoms. The van der Waals surface area contributed by atoms with Gasteiger partial charge in [0, 0.05) is 29.4 Å². The van der Waals surface area contributed by atoms with Crippen LogP contribution in [0.25, 0.3) is 22.3 Å². The molecule has 0 aliphatic carbocycles. The zero-order chi connectivity index (χ0) is 26.2. The summed E-state index contributed by atoms with van der Waals surface area (Å²) in [7, 11) is -2.23. The number of carbonyl (C=O) groups is 1. The predicted molar refractivity (Wildman–Crippen MR) is 137 cm³/mol. The number of hydrogen-bond donors (Lipinski definition) is 3. The zero-order valence-electron chi connectivity index (χ0n) is 20.7. The lowest BCUT2D eigenvalue weighted by Crippen LogP contribution is -2.28. The normalized spacial score (nSPS) is 11.8. The van der Waals surface area contributed by atoms with Gasteiger partial charge in [0.2, 0.25) is 10.0 Å². The van der Waals surface area contributed by atoms with Gasteiger partial charge in [0.05, 0.1) is 27.7 Å². The summed E-state index contributed by atoms with van der Waals surface area (Å²) >= 11 is 0. The van der Waals surface area contributed by atoms with E-state index >= 15 is 0 Å². The maximum absolute atomic E-state index is 13.3. The largest absolute Gasteiger partial charge is 0.348 e. The number of hydrogen-bond acceptors (Lipinski definition) is 6. The Bertz CT molecular complexity index is 1620. The molecule has 0 atom stereocenters. The highest BCUT2D eigenvalue weighted by Crippen LogP contribution is 2.27. The van der Waals surface area contributed by atoms with Gasteiger partial charge < -0.3 is 10.3 Å². The van der Waals surface area contributed by atoms with Gasteiger partial charge in [-0.05, 0) is 64.6 Å². The van der Waals surface area contributed by atoms with Crippen LogP contribution in [0, 0.1) is 13.8 Å². The van der Waals surface area contributed by atoms with Crippen molar-refractivity contribution in [2.45, 2.75) is 45.2 Å². The van der Waals surface area contributed by atoms with E-state index in [0.717, 1.165) is 11.3 Å². The summed E-state index contributed by atoms with van der Waals surface area (Å²) in [6.45, 7) is 7.62. The van der Waals surface area contributed by atoms with E-state index in [2.05, 4.69) is 20.1 Å². The topological polar surface area (TPSA) is 139 Å². The molecular weight excluding hydrogens is 480 g/mol. The van der Waals surface area contributed by atoms with Crippen molar-refractivity contribution in [3.63, 3.8) is 0 Å². The zero-order valence-corrected chi connectivity index (χ0v) is 21.5. The number of H-pyrrole nitrogens is 1. The minimum Gasteiger partial charge on any atom is -0.348 e. The van der Waals surface area contributed by atoms with Crippen molar-refractivity contribution < 1.29 is 13.2 Å². The fourth-order valence-electron chi connectivity index (χ4n) is 4.02. The van der Waals surface area contributed by atoms with Crippen molar-refractivity contribution in [3.8, 4) is 11.3 Å².